The van der Waals surface area contributed by atoms with Crippen LogP contribution in [0.2, 0.25) is 0 Å². The predicted octanol–water partition coefficient (Wildman–Crippen LogP) is 4.25. The van der Waals surface area contributed by atoms with Crippen LogP contribution in [0.1, 0.15) is 33.0 Å². The molecule has 3 atom stereocenters. The fraction of sp³-hybridized carbons (Fsp3) is 0.440. The second-order valence-electron chi connectivity index (χ2n) is 8.28. The van der Waals surface area contributed by atoms with Gasteiger partial charge in [0.2, 0.25) is 5.88 Å². The van der Waals surface area contributed by atoms with Gasteiger partial charge in [-0.1, -0.05) is 32.1 Å². The summed E-state index contributed by atoms with van der Waals surface area (Å²) in [6.07, 6.45) is 9.68. The van der Waals surface area contributed by atoms with Crippen LogP contribution in [-0.2, 0) is 11.8 Å². The van der Waals surface area contributed by atoms with Crippen LogP contribution in [0.15, 0.2) is 59.0 Å². The van der Waals surface area contributed by atoms with E-state index >= 15 is 0 Å². The first-order valence-corrected chi connectivity index (χ1v) is 10.9. The molecular weight excluding hydrogens is 404 g/mol. The van der Waals surface area contributed by atoms with Crippen LogP contribution in [0.5, 0.6) is 5.88 Å². The zero-order valence-corrected chi connectivity index (χ0v) is 19.8. The summed E-state index contributed by atoms with van der Waals surface area (Å²) in [6, 6.07) is 0. The number of rotatable bonds is 9. The Labute approximate surface area is 189 Å². The molecule has 1 aliphatic rings. The van der Waals surface area contributed by atoms with E-state index in [1.54, 1.807) is 26.6 Å². The van der Waals surface area contributed by atoms with Gasteiger partial charge in [-0.2, -0.15) is 4.98 Å². The molecule has 32 heavy (non-hydrogen) atoms. The molecule has 1 aliphatic carbocycles. The lowest BCUT2D eigenvalue weighted by Crippen LogP contribution is -2.16. The van der Waals surface area contributed by atoms with Crippen LogP contribution < -0.4 is 10.3 Å². The van der Waals surface area contributed by atoms with E-state index in [9.17, 15) is 4.79 Å². The van der Waals surface area contributed by atoms with Gasteiger partial charge in [0.15, 0.2) is 0 Å². The average molecular weight is 437 g/mol. The number of nitrogens with zero attached hydrogens (tertiary/aromatic N) is 4. The third-order valence-corrected chi connectivity index (χ3v) is 6.12. The van der Waals surface area contributed by atoms with Gasteiger partial charge >= 0.3 is 0 Å². The Balaban J connectivity index is 1.81. The molecule has 2 aromatic heterocycles. The van der Waals surface area contributed by atoms with E-state index < -0.39 is 0 Å². The third-order valence-electron chi connectivity index (χ3n) is 6.12. The molecule has 2 heterocycles. The summed E-state index contributed by atoms with van der Waals surface area (Å²) in [5.41, 5.74) is 3.49. The van der Waals surface area contributed by atoms with Crippen molar-refractivity contribution in [2.45, 2.75) is 34.1 Å². The van der Waals surface area contributed by atoms with E-state index in [-0.39, 0.29) is 5.56 Å². The standard InChI is InChI=1S/C25H32N4O3/c1-8-15(2)19(10-9-16(3)31-7)24-17(4)21(24)14-32-25-20(11-26-18(5)28-25)22-13-29(6)23(30)12-27-22/h9-13,17,21,24H,2,8,14H2,1,3-7H3. The summed E-state index contributed by atoms with van der Waals surface area (Å²) in [5, 5.41) is 0. The highest BCUT2D eigenvalue weighted by Gasteiger charge is 2.49. The van der Waals surface area contributed by atoms with Crippen molar-refractivity contribution in [2.75, 3.05) is 13.7 Å². The van der Waals surface area contributed by atoms with Gasteiger partial charge in [-0.25, -0.2) is 9.97 Å². The molecule has 0 saturated heterocycles. The van der Waals surface area contributed by atoms with Gasteiger partial charge < -0.3 is 14.0 Å². The van der Waals surface area contributed by atoms with Gasteiger partial charge in [0.1, 0.15) is 5.82 Å². The van der Waals surface area contributed by atoms with E-state index in [4.69, 9.17) is 9.47 Å². The predicted molar refractivity (Wildman–Crippen MR) is 125 cm³/mol. The highest BCUT2D eigenvalue weighted by Crippen LogP contribution is 2.53. The fourth-order valence-corrected chi connectivity index (χ4v) is 3.80. The number of ether oxygens (including phenoxy) is 2. The van der Waals surface area contributed by atoms with Gasteiger partial charge in [-0.05, 0) is 43.8 Å². The first kappa shape index (κ1) is 23.4. The quantitative estimate of drug-likeness (QED) is 0.432. The Bertz CT molecular complexity index is 1120. The lowest BCUT2D eigenvalue weighted by Gasteiger charge is -2.12. The van der Waals surface area contributed by atoms with Crippen LogP contribution in [-0.4, -0.2) is 33.2 Å². The molecule has 0 amide bonds. The summed E-state index contributed by atoms with van der Waals surface area (Å²) < 4.78 is 13.0. The maximum atomic E-state index is 11.7. The normalized spacial score (nSPS) is 20.8. The summed E-state index contributed by atoms with van der Waals surface area (Å²) in [6.45, 7) is 12.9. The highest BCUT2D eigenvalue weighted by atomic mass is 16.5. The van der Waals surface area contributed by atoms with Crippen molar-refractivity contribution < 1.29 is 9.47 Å². The number of methoxy groups -OCH3 is 1. The number of allylic oxidation sites excluding steroid dienone is 5. The van der Waals surface area contributed by atoms with Crippen molar-refractivity contribution in [1.82, 2.24) is 19.5 Å². The minimum Gasteiger partial charge on any atom is -0.501 e. The molecular formula is C25H32N4O3. The third kappa shape index (κ3) is 5.15. The van der Waals surface area contributed by atoms with Gasteiger partial charge in [-0.15, -0.1) is 0 Å². The summed E-state index contributed by atoms with van der Waals surface area (Å²) in [4.78, 5) is 24.8. The summed E-state index contributed by atoms with van der Waals surface area (Å²) >= 11 is 0. The van der Waals surface area contributed by atoms with Crippen molar-refractivity contribution >= 4 is 0 Å². The minimum atomic E-state index is -0.174. The minimum absolute atomic E-state index is 0.174. The number of aromatic nitrogens is 4. The Hall–Kier alpha value is -3.22. The SMILES string of the molecule is C=C(CC)C(=CC=C(C)OC)C1C(C)C1COc1nc(C)ncc1-c1cn(C)c(=O)cn1. The maximum absolute atomic E-state index is 11.7. The second-order valence-corrected chi connectivity index (χ2v) is 8.28. The highest BCUT2D eigenvalue weighted by molar-refractivity contribution is 5.62. The van der Waals surface area contributed by atoms with Gasteiger partial charge in [0.25, 0.3) is 5.56 Å². The molecule has 0 N–H and O–H groups in total. The molecule has 0 bridgehead atoms. The van der Waals surface area contributed by atoms with Crippen molar-refractivity contribution in [2.24, 2.45) is 24.8 Å². The van der Waals surface area contributed by atoms with Crippen molar-refractivity contribution in [3.8, 4) is 17.1 Å². The van der Waals surface area contributed by atoms with E-state index in [1.165, 1.54) is 16.3 Å². The van der Waals surface area contributed by atoms with Crippen LogP contribution >= 0.6 is 0 Å². The maximum Gasteiger partial charge on any atom is 0.268 e. The second kappa shape index (κ2) is 9.94. The molecule has 0 radical (unpaired) electrons. The van der Waals surface area contributed by atoms with E-state index in [1.807, 2.05) is 19.9 Å². The molecule has 7 nitrogen and oxygen atoms in total. The Morgan fingerprint density at radius 2 is 2.03 bits per heavy atom. The molecule has 1 fully saturated rings. The Kier molecular flexibility index (Phi) is 7.28. The van der Waals surface area contributed by atoms with Crippen molar-refractivity contribution in [3.63, 3.8) is 0 Å². The Morgan fingerprint density at radius 1 is 1.28 bits per heavy atom. The van der Waals surface area contributed by atoms with E-state index in [0.29, 0.717) is 47.3 Å². The molecule has 1 saturated carbocycles. The van der Waals surface area contributed by atoms with Gasteiger partial charge in [0, 0.05) is 25.4 Å². The van der Waals surface area contributed by atoms with Crippen LogP contribution in [0.3, 0.4) is 0 Å². The molecule has 3 rings (SSSR count). The van der Waals surface area contributed by atoms with Crippen LogP contribution in [0.25, 0.3) is 11.3 Å². The average Bonchev–Trinajstić information content (AvgIpc) is 3.42. The van der Waals surface area contributed by atoms with Crippen LogP contribution in [0, 0.1) is 24.7 Å². The first-order valence-electron chi connectivity index (χ1n) is 10.9. The zero-order valence-electron chi connectivity index (χ0n) is 19.8. The van der Waals surface area contributed by atoms with Gasteiger partial charge in [-0.3, -0.25) is 4.79 Å². The molecule has 2 aromatic rings. The number of hydrogen-bond donors (Lipinski definition) is 0. The monoisotopic (exact) mass is 436 g/mol. The molecule has 0 spiro atoms. The summed E-state index contributed by atoms with van der Waals surface area (Å²) in [5.74, 6) is 3.18. The molecule has 7 heteroatoms. The molecule has 3 unspecified atom stereocenters. The number of hydrogen-bond acceptors (Lipinski definition) is 6. The Morgan fingerprint density at radius 3 is 2.69 bits per heavy atom. The largest absolute Gasteiger partial charge is 0.501 e. The topological polar surface area (TPSA) is 79.1 Å². The molecule has 0 aromatic carbocycles. The van der Waals surface area contributed by atoms with Crippen molar-refractivity contribution in [1.29, 1.82) is 0 Å². The first-order chi connectivity index (χ1) is 15.3. The van der Waals surface area contributed by atoms with E-state index in [0.717, 1.165) is 17.8 Å². The van der Waals surface area contributed by atoms with E-state index in [2.05, 4.69) is 41.5 Å². The molecule has 0 aliphatic heterocycles. The number of aryl methyl sites for hydroxylation is 2. The van der Waals surface area contributed by atoms with Crippen LogP contribution in [0.4, 0.5) is 0 Å². The lowest BCUT2D eigenvalue weighted by molar-refractivity contribution is 0.279. The zero-order chi connectivity index (χ0) is 23.4. The molecule has 170 valence electrons. The fourth-order valence-electron chi connectivity index (χ4n) is 3.80. The van der Waals surface area contributed by atoms with Gasteiger partial charge in [0.05, 0.1) is 36.9 Å². The van der Waals surface area contributed by atoms with Crippen molar-refractivity contribution in [3.05, 3.63) is 70.4 Å². The lowest BCUT2D eigenvalue weighted by atomic mass is 9.98. The summed E-state index contributed by atoms with van der Waals surface area (Å²) in [7, 11) is 3.36. The smallest absolute Gasteiger partial charge is 0.268 e.